The van der Waals surface area contributed by atoms with Crippen molar-refractivity contribution in [3.63, 3.8) is 0 Å². The molecule has 0 aliphatic heterocycles. The third-order valence-corrected chi connectivity index (χ3v) is 4.14. The molecule has 1 aliphatic carbocycles. The van der Waals surface area contributed by atoms with Crippen molar-refractivity contribution >= 4 is 5.69 Å². The lowest BCUT2D eigenvalue weighted by atomic mass is 9.75. The Kier molecular flexibility index (Phi) is 3.95. The van der Waals surface area contributed by atoms with Gasteiger partial charge in [0.1, 0.15) is 5.82 Å². The normalized spacial score (nSPS) is 17.9. The van der Waals surface area contributed by atoms with Gasteiger partial charge in [0, 0.05) is 12.1 Å². The van der Waals surface area contributed by atoms with E-state index in [2.05, 4.69) is 10.2 Å². The summed E-state index contributed by atoms with van der Waals surface area (Å²) in [4.78, 5) is 2.09. The zero-order valence-electron chi connectivity index (χ0n) is 11.5. The van der Waals surface area contributed by atoms with Crippen LogP contribution in [0.5, 0.6) is 0 Å². The summed E-state index contributed by atoms with van der Waals surface area (Å²) in [6.45, 7) is 0.530. The van der Waals surface area contributed by atoms with Gasteiger partial charge in [0.2, 0.25) is 0 Å². The summed E-state index contributed by atoms with van der Waals surface area (Å²) in [6, 6.07) is 2.58. The number of likely N-dealkylation sites (N-methyl/N-ethyl adjacent to an activating group) is 1. The molecule has 0 unspecified atom stereocenters. The fourth-order valence-corrected chi connectivity index (χ4v) is 2.46. The van der Waals surface area contributed by atoms with Crippen molar-refractivity contribution < 1.29 is 17.6 Å². The van der Waals surface area contributed by atoms with Gasteiger partial charge in [0.15, 0.2) is 0 Å². The van der Waals surface area contributed by atoms with E-state index in [1.54, 1.807) is 0 Å². The smallest absolute Gasteiger partial charge is 0.381 e. The van der Waals surface area contributed by atoms with Crippen molar-refractivity contribution in [1.82, 2.24) is 4.90 Å². The van der Waals surface area contributed by atoms with Crippen LogP contribution >= 0.6 is 0 Å². The summed E-state index contributed by atoms with van der Waals surface area (Å²) < 4.78 is 51.1. The molecular formula is C14H18F4N2. The van der Waals surface area contributed by atoms with E-state index in [1.165, 1.54) is 0 Å². The van der Waals surface area contributed by atoms with E-state index in [-0.39, 0.29) is 11.2 Å². The van der Waals surface area contributed by atoms with Gasteiger partial charge in [-0.3, -0.25) is 0 Å². The molecule has 6 heteroatoms. The average Bonchev–Trinajstić information content (AvgIpc) is 2.27. The first-order valence-corrected chi connectivity index (χ1v) is 6.53. The monoisotopic (exact) mass is 290 g/mol. The summed E-state index contributed by atoms with van der Waals surface area (Å²) in [5.41, 5.74) is -0.868. The molecule has 1 fully saturated rings. The molecule has 1 aliphatic rings. The molecule has 0 radical (unpaired) electrons. The number of hydrogen-bond acceptors (Lipinski definition) is 2. The first-order chi connectivity index (χ1) is 9.24. The highest BCUT2D eigenvalue weighted by Crippen LogP contribution is 2.37. The SMILES string of the molecule is CN(C)C1(CNc2ccc(C(F)(F)F)cc2F)CCC1. The molecule has 1 aromatic rings. The fourth-order valence-electron chi connectivity index (χ4n) is 2.46. The number of alkyl halides is 3. The van der Waals surface area contributed by atoms with E-state index in [4.69, 9.17) is 0 Å². The minimum absolute atomic E-state index is 0.0187. The fraction of sp³-hybridized carbons (Fsp3) is 0.571. The van der Waals surface area contributed by atoms with Crippen LogP contribution in [-0.4, -0.2) is 31.1 Å². The summed E-state index contributed by atoms with van der Waals surface area (Å²) in [5, 5.41) is 2.93. The molecule has 0 amide bonds. The van der Waals surface area contributed by atoms with Gasteiger partial charge < -0.3 is 10.2 Å². The molecule has 2 rings (SSSR count). The number of halogens is 4. The van der Waals surface area contributed by atoms with Crippen molar-refractivity contribution in [2.45, 2.75) is 31.0 Å². The van der Waals surface area contributed by atoms with Crippen LogP contribution in [0.1, 0.15) is 24.8 Å². The van der Waals surface area contributed by atoms with Gasteiger partial charge in [-0.05, 0) is 51.6 Å². The van der Waals surface area contributed by atoms with Crippen LogP contribution < -0.4 is 5.32 Å². The maximum absolute atomic E-state index is 13.7. The lowest BCUT2D eigenvalue weighted by Crippen LogP contribution is -2.54. The van der Waals surface area contributed by atoms with E-state index in [0.717, 1.165) is 31.4 Å². The Hall–Kier alpha value is -1.30. The quantitative estimate of drug-likeness (QED) is 0.850. The van der Waals surface area contributed by atoms with Gasteiger partial charge in [-0.15, -0.1) is 0 Å². The average molecular weight is 290 g/mol. The first kappa shape index (κ1) is 15.1. The highest BCUT2D eigenvalue weighted by Gasteiger charge is 2.39. The molecule has 112 valence electrons. The standard InChI is InChI=1S/C14H18F4N2/c1-20(2)13(6-3-7-13)9-19-12-5-4-10(8-11(12)15)14(16,17)18/h4-5,8,19H,3,6-7,9H2,1-2H3. The van der Waals surface area contributed by atoms with Crippen LogP contribution in [-0.2, 0) is 6.18 Å². The second-order valence-electron chi connectivity index (χ2n) is 5.52. The number of nitrogens with zero attached hydrogens (tertiary/aromatic N) is 1. The number of nitrogens with one attached hydrogen (secondary N) is 1. The maximum Gasteiger partial charge on any atom is 0.416 e. The molecule has 1 saturated carbocycles. The van der Waals surface area contributed by atoms with E-state index >= 15 is 0 Å². The first-order valence-electron chi connectivity index (χ1n) is 6.53. The molecule has 0 atom stereocenters. The van der Waals surface area contributed by atoms with E-state index in [0.29, 0.717) is 12.6 Å². The van der Waals surface area contributed by atoms with Crippen molar-refractivity contribution in [1.29, 1.82) is 0 Å². The maximum atomic E-state index is 13.7. The summed E-state index contributed by atoms with van der Waals surface area (Å²) in [5.74, 6) is -0.868. The minimum Gasteiger partial charge on any atom is -0.381 e. The van der Waals surface area contributed by atoms with Gasteiger partial charge in [0.25, 0.3) is 0 Å². The number of hydrogen-bond donors (Lipinski definition) is 1. The molecule has 0 heterocycles. The largest absolute Gasteiger partial charge is 0.416 e. The summed E-state index contributed by atoms with van der Waals surface area (Å²) in [6.07, 6.45) is -1.38. The second-order valence-corrected chi connectivity index (χ2v) is 5.52. The van der Waals surface area contributed by atoms with Gasteiger partial charge in [-0.1, -0.05) is 0 Å². The van der Waals surface area contributed by atoms with Crippen molar-refractivity contribution in [2.75, 3.05) is 26.0 Å². The zero-order valence-corrected chi connectivity index (χ0v) is 11.5. The van der Waals surface area contributed by atoms with Gasteiger partial charge >= 0.3 is 6.18 Å². The van der Waals surface area contributed by atoms with Crippen molar-refractivity contribution in [2.24, 2.45) is 0 Å². The Bertz CT molecular complexity index is 479. The number of anilines is 1. The van der Waals surface area contributed by atoms with Crippen LogP contribution in [0, 0.1) is 5.82 Å². The van der Waals surface area contributed by atoms with Crippen molar-refractivity contribution in [3.8, 4) is 0 Å². The third-order valence-electron chi connectivity index (χ3n) is 4.14. The molecule has 0 aromatic heterocycles. The highest BCUT2D eigenvalue weighted by molar-refractivity contribution is 5.47. The van der Waals surface area contributed by atoms with Gasteiger partial charge in [0.05, 0.1) is 11.3 Å². The van der Waals surface area contributed by atoms with Crippen LogP contribution in [0.25, 0.3) is 0 Å². The third kappa shape index (κ3) is 2.90. The molecular weight excluding hydrogens is 272 g/mol. The molecule has 1 N–H and O–H groups in total. The van der Waals surface area contributed by atoms with Crippen LogP contribution in [0.3, 0.4) is 0 Å². The van der Waals surface area contributed by atoms with Gasteiger partial charge in [-0.2, -0.15) is 13.2 Å². The molecule has 2 nitrogen and oxygen atoms in total. The van der Waals surface area contributed by atoms with E-state index < -0.39 is 17.6 Å². The summed E-state index contributed by atoms with van der Waals surface area (Å²) in [7, 11) is 3.92. The number of benzene rings is 1. The predicted molar refractivity (Wildman–Crippen MR) is 70.2 cm³/mol. The summed E-state index contributed by atoms with van der Waals surface area (Å²) >= 11 is 0. The highest BCUT2D eigenvalue weighted by atomic mass is 19.4. The van der Waals surface area contributed by atoms with E-state index in [9.17, 15) is 17.6 Å². The molecule has 0 saturated heterocycles. The lowest BCUT2D eigenvalue weighted by Gasteiger charge is -2.47. The molecule has 0 bridgehead atoms. The number of rotatable bonds is 4. The Morgan fingerprint density at radius 1 is 1.25 bits per heavy atom. The molecule has 1 aromatic carbocycles. The molecule has 20 heavy (non-hydrogen) atoms. The predicted octanol–water partition coefficient (Wildman–Crippen LogP) is 3.74. The van der Waals surface area contributed by atoms with Crippen LogP contribution in [0.15, 0.2) is 18.2 Å². The molecule has 0 spiro atoms. The lowest BCUT2D eigenvalue weighted by molar-refractivity contribution is -0.137. The Balaban J connectivity index is 2.07. The van der Waals surface area contributed by atoms with Crippen LogP contribution in [0.2, 0.25) is 0 Å². The Morgan fingerprint density at radius 2 is 1.90 bits per heavy atom. The van der Waals surface area contributed by atoms with Crippen LogP contribution in [0.4, 0.5) is 23.2 Å². The van der Waals surface area contributed by atoms with Gasteiger partial charge in [-0.25, -0.2) is 4.39 Å². The second kappa shape index (κ2) is 5.24. The van der Waals surface area contributed by atoms with Crippen molar-refractivity contribution in [3.05, 3.63) is 29.6 Å². The minimum atomic E-state index is -4.52. The topological polar surface area (TPSA) is 15.3 Å². The Morgan fingerprint density at radius 3 is 2.30 bits per heavy atom. The zero-order chi connectivity index (χ0) is 15.0. The van der Waals surface area contributed by atoms with E-state index in [1.807, 2.05) is 14.1 Å². The Labute approximate surface area is 115 Å².